The third-order valence-corrected chi connectivity index (χ3v) is 5.04. The summed E-state index contributed by atoms with van der Waals surface area (Å²) in [6.07, 6.45) is -2.04. The Hall–Kier alpha value is -0.830. The van der Waals surface area contributed by atoms with E-state index in [2.05, 4.69) is 0 Å². The Morgan fingerprint density at radius 3 is 2.23 bits per heavy atom. The fourth-order valence-electron chi connectivity index (χ4n) is 2.40. The van der Waals surface area contributed by atoms with Gasteiger partial charge in [-0.2, -0.15) is 13.2 Å². The van der Waals surface area contributed by atoms with Crippen LogP contribution >= 0.6 is 0 Å². The fourth-order valence-corrected chi connectivity index (χ4v) is 3.50. The lowest BCUT2D eigenvalue weighted by Crippen LogP contribution is -2.47. The van der Waals surface area contributed by atoms with Gasteiger partial charge < -0.3 is 0 Å². The van der Waals surface area contributed by atoms with Crippen molar-refractivity contribution >= 4 is 15.9 Å². The molecule has 130 valence electrons. The van der Waals surface area contributed by atoms with Crippen LogP contribution in [0.1, 0.15) is 45.4 Å². The molecule has 0 radical (unpaired) electrons. The Labute approximate surface area is 129 Å². The van der Waals surface area contributed by atoms with E-state index in [0.29, 0.717) is 0 Å². The molecule has 0 aliphatic carbocycles. The number of hydrogen-bond acceptors (Lipinski definition) is 4. The van der Waals surface area contributed by atoms with Crippen molar-refractivity contribution in [3.63, 3.8) is 0 Å². The molecule has 9 heteroatoms. The average Bonchev–Trinajstić information content (AvgIpc) is 2.63. The van der Waals surface area contributed by atoms with Crippen LogP contribution in [-0.2, 0) is 14.8 Å². The lowest BCUT2D eigenvalue weighted by molar-refractivity contribution is -0.134. The van der Waals surface area contributed by atoms with Crippen LogP contribution in [0.15, 0.2) is 0 Å². The first kappa shape index (κ1) is 19.2. The van der Waals surface area contributed by atoms with E-state index in [1.54, 1.807) is 6.92 Å². The highest BCUT2D eigenvalue weighted by Gasteiger charge is 2.29. The molecule has 1 amide bonds. The molecule has 1 aliphatic rings. The molecule has 5 nitrogen and oxygen atoms in total. The molecule has 0 aromatic rings. The normalized spacial score (nSPS) is 19.5. The first-order valence-electron chi connectivity index (χ1n) is 7.46. The van der Waals surface area contributed by atoms with Gasteiger partial charge >= 0.3 is 6.18 Å². The van der Waals surface area contributed by atoms with Gasteiger partial charge in [0.05, 0.1) is 11.8 Å². The monoisotopic (exact) mass is 344 g/mol. The second-order valence-corrected chi connectivity index (χ2v) is 7.47. The van der Waals surface area contributed by atoms with Crippen LogP contribution in [0, 0.1) is 0 Å². The van der Waals surface area contributed by atoms with Crippen molar-refractivity contribution in [3.05, 3.63) is 0 Å². The number of likely N-dealkylation sites (tertiary alicyclic amines) is 1. The minimum Gasteiger partial charge on any atom is -0.292 e. The quantitative estimate of drug-likeness (QED) is 0.801. The topological polar surface area (TPSA) is 66.5 Å². The van der Waals surface area contributed by atoms with Crippen molar-refractivity contribution in [2.75, 3.05) is 18.8 Å². The number of carbonyl (C=O) groups excluding carboxylic acids is 1. The number of hydrogen-bond donors (Lipinski definition) is 1. The van der Waals surface area contributed by atoms with Crippen LogP contribution in [0.2, 0.25) is 0 Å². The third-order valence-electron chi connectivity index (χ3n) is 3.70. The van der Waals surface area contributed by atoms with Crippen LogP contribution in [0.3, 0.4) is 0 Å². The van der Waals surface area contributed by atoms with E-state index in [1.807, 2.05) is 9.62 Å². The molecule has 1 N–H and O–H groups in total. The predicted molar refractivity (Wildman–Crippen MR) is 76.7 cm³/mol. The summed E-state index contributed by atoms with van der Waals surface area (Å²) in [7, 11) is -4.02. The maximum absolute atomic E-state index is 12.0. The smallest absolute Gasteiger partial charge is 0.292 e. The van der Waals surface area contributed by atoms with Crippen molar-refractivity contribution in [1.29, 1.82) is 0 Å². The molecule has 0 aromatic carbocycles. The molecule has 0 bridgehead atoms. The maximum atomic E-state index is 12.0. The third kappa shape index (κ3) is 7.44. The Bertz CT molecular complexity index is 458. The van der Waals surface area contributed by atoms with Crippen LogP contribution in [0.25, 0.3) is 0 Å². The second-order valence-electron chi connectivity index (χ2n) is 5.63. The van der Waals surface area contributed by atoms with E-state index in [4.69, 9.17) is 0 Å². The van der Waals surface area contributed by atoms with Gasteiger partial charge in [-0.15, -0.1) is 0 Å². The molecule has 1 rings (SSSR count). The summed E-state index contributed by atoms with van der Waals surface area (Å²) in [6.45, 7) is 3.07. The average molecular weight is 344 g/mol. The van der Waals surface area contributed by atoms with Gasteiger partial charge in [0.25, 0.3) is 0 Å². The highest BCUT2D eigenvalue weighted by molar-refractivity contribution is 7.90. The molecule has 1 aliphatic heterocycles. The van der Waals surface area contributed by atoms with E-state index >= 15 is 0 Å². The summed E-state index contributed by atoms with van der Waals surface area (Å²) in [4.78, 5) is 13.9. The number of carbonyl (C=O) groups is 1. The van der Waals surface area contributed by atoms with Gasteiger partial charge in [-0.25, -0.2) is 8.42 Å². The van der Waals surface area contributed by atoms with Crippen molar-refractivity contribution in [1.82, 2.24) is 9.62 Å². The number of rotatable bonds is 6. The van der Waals surface area contributed by atoms with Crippen LogP contribution in [0.4, 0.5) is 13.2 Å². The van der Waals surface area contributed by atoms with Crippen molar-refractivity contribution in [2.45, 2.75) is 57.7 Å². The van der Waals surface area contributed by atoms with Gasteiger partial charge in [0.15, 0.2) is 0 Å². The number of sulfonamides is 1. The van der Waals surface area contributed by atoms with Gasteiger partial charge in [0.1, 0.15) is 0 Å². The summed E-state index contributed by atoms with van der Waals surface area (Å²) in [6, 6.07) is -0.601. The minimum absolute atomic E-state index is 0.551. The molecular weight excluding hydrogens is 321 g/mol. The highest BCUT2D eigenvalue weighted by atomic mass is 32.2. The lowest BCUT2D eigenvalue weighted by atomic mass is 10.2. The molecule has 0 aromatic heterocycles. The zero-order chi connectivity index (χ0) is 16.8. The summed E-state index contributed by atoms with van der Waals surface area (Å²) in [5.41, 5.74) is 0. The SMILES string of the molecule is C[C@H](C(=O)NS(=O)(=O)CCCC(F)(F)F)N1CCCCCC1. The Morgan fingerprint density at radius 2 is 1.73 bits per heavy atom. The molecule has 1 atom stereocenters. The van der Waals surface area contributed by atoms with Crippen LogP contribution in [-0.4, -0.2) is 50.3 Å². The first-order chi connectivity index (χ1) is 10.1. The highest BCUT2D eigenvalue weighted by Crippen LogP contribution is 2.21. The Morgan fingerprint density at radius 1 is 1.18 bits per heavy atom. The summed E-state index contributed by atoms with van der Waals surface area (Å²) < 4.78 is 61.3. The van der Waals surface area contributed by atoms with Crippen LogP contribution in [0.5, 0.6) is 0 Å². The Balaban J connectivity index is 2.47. The number of halogens is 3. The molecule has 0 spiro atoms. The van der Waals surface area contributed by atoms with E-state index in [9.17, 15) is 26.4 Å². The molecule has 0 unspecified atom stereocenters. The standard InChI is InChI=1S/C13H23F3N2O3S/c1-11(18-8-4-2-3-5-9-18)12(19)17-22(20,21)10-6-7-13(14,15)16/h11H,2-10H2,1H3,(H,17,19)/t11-/m1/s1. The summed E-state index contributed by atoms with van der Waals surface area (Å²) >= 11 is 0. The second kappa shape index (κ2) is 8.14. The van der Waals surface area contributed by atoms with Crippen molar-refractivity contribution < 1.29 is 26.4 Å². The fraction of sp³-hybridized carbons (Fsp3) is 0.923. The van der Waals surface area contributed by atoms with Gasteiger partial charge in [0, 0.05) is 6.42 Å². The van der Waals surface area contributed by atoms with E-state index in [0.717, 1.165) is 38.8 Å². The first-order valence-corrected chi connectivity index (χ1v) is 9.11. The van der Waals surface area contributed by atoms with Gasteiger partial charge in [-0.1, -0.05) is 12.8 Å². The summed E-state index contributed by atoms with van der Waals surface area (Å²) in [5.74, 6) is -1.38. The molecule has 22 heavy (non-hydrogen) atoms. The molecule has 1 heterocycles. The lowest BCUT2D eigenvalue weighted by Gasteiger charge is -2.26. The van der Waals surface area contributed by atoms with Crippen LogP contribution < -0.4 is 4.72 Å². The predicted octanol–water partition coefficient (Wildman–Crippen LogP) is 2.04. The molecule has 1 saturated heterocycles. The molecule has 1 fully saturated rings. The van der Waals surface area contributed by atoms with E-state index in [1.165, 1.54) is 0 Å². The summed E-state index contributed by atoms with van der Waals surface area (Å²) in [5, 5.41) is 0. The van der Waals surface area contributed by atoms with E-state index in [-0.39, 0.29) is 0 Å². The van der Waals surface area contributed by atoms with Gasteiger partial charge in [-0.3, -0.25) is 14.4 Å². The molecule has 0 saturated carbocycles. The van der Waals surface area contributed by atoms with E-state index < -0.39 is 46.7 Å². The van der Waals surface area contributed by atoms with Crippen molar-refractivity contribution in [3.8, 4) is 0 Å². The zero-order valence-electron chi connectivity index (χ0n) is 12.7. The number of alkyl halides is 3. The number of nitrogens with one attached hydrogen (secondary N) is 1. The minimum atomic E-state index is -4.39. The largest absolute Gasteiger partial charge is 0.389 e. The number of amides is 1. The maximum Gasteiger partial charge on any atom is 0.389 e. The number of nitrogens with zero attached hydrogens (tertiary/aromatic N) is 1. The Kier molecular flexibility index (Phi) is 7.11. The van der Waals surface area contributed by atoms with Gasteiger partial charge in [0.2, 0.25) is 15.9 Å². The zero-order valence-corrected chi connectivity index (χ0v) is 13.5. The van der Waals surface area contributed by atoms with Gasteiger partial charge in [-0.05, 0) is 39.3 Å². The van der Waals surface area contributed by atoms with Crippen molar-refractivity contribution in [2.24, 2.45) is 0 Å². The molecular formula is C13H23F3N2O3S.